The smallest absolute Gasteiger partial charge is 0.272 e. The molecule has 0 atom stereocenters. The molecule has 0 fully saturated rings. The zero-order valence-electron chi connectivity index (χ0n) is 17.0. The summed E-state index contributed by atoms with van der Waals surface area (Å²) in [5.41, 5.74) is 2.72. The minimum absolute atomic E-state index is 0.0632. The molecule has 1 aliphatic heterocycles. The lowest BCUT2D eigenvalue weighted by molar-refractivity contribution is 0.0953. The van der Waals surface area contributed by atoms with Crippen LogP contribution in [0, 0.1) is 5.82 Å². The number of nitrogens with zero attached hydrogens (tertiary/aromatic N) is 4. The van der Waals surface area contributed by atoms with Crippen LogP contribution >= 0.6 is 11.8 Å². The predicted octanol–water partition coefficient (Wildman–Crippen LogP) is 4.55. The molecule has 0 unspecified atom stereocenters. The normalized spacial score (nSPS) is 13.0. The monoisotopic (exact) mass is 446 g/mol. The first-order valence-electron chi connectivity index (χ1n) is 10.1. The highest BCUT2D eigenvalue weighted by Crippen LogP contribution is 2.25. The lowest BCUT2D eigenvalue weighted by atomic mass is 10.0. The number of aromatic nitrogens is 3. The standard InChI is InChI=1S/C24H19FN4O2S/c25-20-7-4-8-21(15-20)31-16-22-26-27-24-29(22)28(13-14-32-24)23(30)19-11-9-18(10-12-19)17-5-2-1-3-6-17/h1-12,15H,13-14,16H2. The molecule has 1 aliphatic rings. The van der Waals surface area contributed by atoms with Gasteiger partial charge in [-0.3, -0.25) is 4.79 Å². The highest BCUT2D eigenvalue weighted by atomic mass is 32.2. The van der Waals surface area contributed by atoms with Gasteiger partial charge in [-0.05, 0) is 35.4 Å². The first kappa shape index (κ1) is 20.3. The van der Waals surface area contributed by atoms with Crippen molar-refractivity contribution in [2.45, 2.75) is 11.8 Å². The summed E-state index contributed by atoms with van der Waals surface area (Å²) in [5.74, 6) is 1.07. The average molecular weight is 447 g/mol. The van der Waals surface area contributed by atoms with E-state index in [1.165, 1.54) is 23.9 Å². The molecule has 3 aromatic carbocycles. The van der Waals surface area contributed by atoms with E-state index < -0.39 is 0 Å². The van der Waals surface area contributed by atoms with E-state index in [9.17, 15) is 9.18 Å². The first-order chi connectivity index (χ1) is 15.7. The minimum atomic E-state index is -0.378. The molecule has 1 amide bonds. The quantitative estimate of drug-likeness (QED) is 0.450. The Morgan fingerprint density at radius 2 is 1.75 bits per heavy atom. The van der Waals surface area contributed by atoms with Gasteiger partial charge in [0.15, 0.2) is 5.82 Å². The minimum Gasteiger partial charge on any atom is -0.485 e. The van der Waals surface area contributed by atoms with Crippen molar-refractivity contribution in [2.75, 3.05) is 17.3 Å². The van der Waals surface area contributed by atoms with Crippen molar-refractivity contribution in [1.29, 1.82) is 0 Å². The molecule has 160 valence electrons. The summed E-state index contributed by atoms with van der Waals surface area (Å²) < 4.78 is 20.8. The number of carbonyl (C=O) groups excluding carboxylic acids is 1. The van der Waals surface area contributed by atoms with Crippen LogP contribution in [-0.2, 0) is 6.61 Å². The molecule has 2 heterocycles. The number of amides is 1. The number of hydrogen-bond donors (Lipinski definition) is 0. The van der Waals surface area contributed by atoms with Crippen LogP contribution in [0.1, 0.15) is 16.2 Å². The maximum absolute atomic E-state index is 13.4. The maximum atomic E-state index is 13.4. The van der Waals surface area contributed by atoms with Gasteiger partial charge in [-0.2, -0.15) is 0 Å². The number of fused-ring (bicyclic) bond motifs is 1. The predicted molar refractivity (Wildman–Crippen MR) is 121 cm³/mol. The largest absolute Gasteiger partial charge is 0.485 e. The Bertz CT molecular complexity index is 1240. The summed E-state index contributed by atoms with van der Waals surface area (Å²) in [5, 5.41) is 10.7. The first-order valence-corrected chi connectivity index (χ1v) is 11.1. The lowest BCUT2D eigenvalue weighted by Crippen LogP contribution is -2.45. The molecule has 0 saturated heterocycles. The fraction of sp³-hybridized carbons (Fsp3) is 0.125. The van der Waals surface area contributed by atoms with Crippen LogP contribution in [0.5, 0.6) is 5.75 Å². The molecular weight excluding hydrogens is 427 g/mol. The van der Waals surface area contributed by atoms with Gasteiger partial charge in [0.05, 0.1) is 6.54 Å². The molecule has 8 heteroatoms. The number of benzene rings is 3. The van der Waals surface area contributed by atoms with Crippen molar-refractivity contribution in [1.82, 2.24) is 14.9 Å². The van der Waals surface area contributed by atoms with E-state index in [0.717, 1.165) is 16.9 Å². The Hall–Kier alpha value is -3.65. The summed E-state index contributed by atoms with van der Waals surface area (Å²) in [6, 6.07) is 23.5. The number of ether oxygens (including phenoxy) is 1. The van der Waals surface area contributed by atoms with E-state index in [4.69, 9.17) is 4.74 Å². The zero-order chi connectivity index (χ0) is 21.9. The Labute approximate surface area is 188 Å². The van der Waals surface area contributed by atoms with E-state index in [-0.39, 0.29) is 18.3 Å². The Kier molecular flexibility index (Phi) is 5.60. The van der Waals surface area contributed by atoms with Crippen molar-refractivity contribution in [3.63, 3.8) is 0 Å². The molecule has 0 radical (unpaired) electrons. The van der Waals surface area contributed by atoms with Crippen molar-refractivity contribution < 1.29 is 13.9 Å². The second-order valence-electron chi connectivity index (χ2n) is 7.18. The summed E-state index contributed by atoms with van der Waals surface area (Å²) in [4.78, 5) is 13.3. The van der Waals surface area contributed by atoms with Gasteiger partial charge in [0.1, 0.15) is 18.2 Å². The number of carbonyl (C=O) groups is 1. The van der Waals surface area contributed by atoms with Gasteiger partial charge >= 0.3 is 0 Å². The number of hydrogen-bond acceptors (Lipinski definition) is 5. The fourth-order valence-electron chi connectivity index (χ4n) is 3.52. The third-order valence-corrected chi connectivity index (χ3v) is 5.99. The van der Waals surface area contributed by atoms with E-state index in [0.29, 0.717) is 28.8 Å². The van der Waals surface area contributed by atoms with Crippen molar-refractivity contribution in [3.05, 3.63) is 96.1 Å². The average Bonchev–Trinajstić information content (AvgIpc) is 3.26. The lowest BCUT2D eigenvalue weighted by Gasteiger charge is -2.29. The van der Waals surface area contributed by atoms with Gasteiger partial charge in [-0.25, -0.2) is 14.1 Å². The summed E-state index contributed by atoms with van der Waals surface area (Å²) in [6.07, 6.45) is 0. The zero-order valence-corrected chi connectivity index (χ0v) is 17.8. The topological polar surface area (TPSA) is 60.3 Å². The molecule has 0 bridgehead atoms. The second kappa shape index (κ2) is 8.84. The highest BCUT2D eigenvalue weighted by molar-refractivity contribution is 7.99. The highest BCUT2D eigenvalue weighted by Gasteiger charge is 2.28. The van der Waals surface area contributed by atoms with Crippen LogP contribution in [0.25, 0.3) is 11.1 Å². The fourth-order valence-corrected chi connectivity index (χ4v) is 4.40. The van der Waals surface area contributed by atoms with Crippen LogP contribution in [-0.4, -0.2) is 33.1 Å². The van der Waals surface area contributed by atoms with Crippen LogP contribution in [0.2, 0.25) is 0 Å². The molecule has 32 heavy (non-hydrogen) atoms. The van der Waals surface area contributed by atoms with Crippen molar-refractivity contribution in [2.24, 2.45) is 0 Å². The molecule has 6 nitrogen and oxygen atoms in total. The van der Waals surface area contributed by atoms with E-state index in [1.54, 1.807) is 21.8 Å². The molecule has 1 aromatic heterocycles. The third kappa shape index (κ3) is 4.09. The van der Waals surface area contributed by atoms with Gasteiger partial charge in [-0.1, -0.05) is 60.3 Å². The summed E-state index contributed by atoms with van der Waals surface area (Å²) in [6.45, 7) is 0.579. The molecule has 0 aliphatic carbocycles. The van der Waals surface area contributed by atoms with E-state index in [2.05, 4.69) is 10.2 Å². The summed E-state index contributed by atoms with van der Waals surface area (Å²) >= 11 is 1.53. The summed E-state index contributed by atoms with van der Waals surface area (Å²) in [7, 11) is 0. The molecule has 0 saturated carbocycles. The van der Waals surface area contributed by atoms with Crippen LogP contribution in [0.4, 0.5) is 4.39 Å². The van der Waals surface area contributed by atoms with Gasteiger partial charge < -0.3 is 4.74 Å². The number of rotatable bonds is 5. The van der Waals surface area contributed by atoms with E-state index in [1.807, 2.05) is 54.6 Å². The SMILES string of the molecule is O=C(c1ccc(-c2ccccc2)cc1)N1CCSc2nnc(COc3cccc(F)c3)n21. The molecule has 5 rings (SSSR count). The van der Waals surface area contributed by atoms with Crippen LogP contribution < -0.4 is 9.75 Å². The number of halogens is 1. The van der Waals surface area contributed by atoms with Crippen LogP contribution in [0.3, 0.4) is 0 Å². The Morgan fingerprint density at radius 3 is 2.53 bits per heavy atom. The van der Waals surface area contributed by atoms with Gasteiger partial charge in [-0.15, -0.1) is 10.2 Å². The van der Waals surface area contributed by atoms with Gasteiger partial charge in [0, 0.05) is 17.4 Å². The Morgan fingerprint density at radius 1 is 0.969 bits per heavy atom. The molecule has 0 spiro atoms. The molecular formula is C24H19FN4O2S. The van der Waals surface area contributed by atoms with Crippen LogP contribution in [0.15, 0.2) is 84.0 Å². The van der Waals surface area contributed by atoms with Gasteiger partial charge in [0.25, 0.3) is 5.91 Å². The van der Waals surface area contributed by atoms with Crippen molar-refractivity contribution >= 4 is 17.7 Å². The van der Waals surface area contributed by atoms with Crippen molar-refractivity contribution in [3.8, 4) is 16.9 Å². The number of thioether (sulfide) groups is 1. The third-order valence-electron chi connectivity index (χ3n) is 5.09. The Balaban J connectivity index is 1.37. The van der Waals surface area contributed by atoms with Gasteiger partial charge in [0.2, 0.25) is 5.16 Å². The molecule has 0 N–H and O–H groups in total. The maximum Gasteiger partial charge on any atom is 0.272 e. The second-order valence-corrected chi connectivity index (χ2v) is 8.24. The van der Waals surface area contributed by atoms with E-state index >= 15 is 0 Å². The molecule has 4 aromatic rings.